The van der Waals surface area contributed by atoms with Crippen LogP contribution in [0.3, 0.4) is 0 Å². The minimum atomic E-state index is 0.711. The lowest BCUT2D eigenvalue weighted by Gasteiger charge is -2.11. The third kappa shape index (κ3) is 2.08. The van der Waals surface area contributed by atoms with Crippen molar-refractivity contribution in [2.75, 3.05) is 5.73 Å². The van der Waals surface area contributed by atoms with Crippen molar-refractivity contribution in [2.24, 2.45) is 0 Å². The first-order valence-electron chi connectivity index (χ1n) is 5.41. The Kier molecular flexibility index (Phi) is 2.69. The molecule has 0 fully saturated rings. The Morgan fingerprint density at radius 3 is 2.31 bits per heavy atom. The highest BCUT2D eigenvalue weighted by atomic mass is 15.3. The quantitative estimate of drug-likeness (QED) is 0.836. The van der Waals surface area contributed by atoms with Crippen LogP contribution in [0.4, 0.5) is 5.69 Å². The summed E-state index contributed by atoms with van der Waals surface area (Å²) >= 11 is 0. The maximum absolute atomic E-state index is 5.65. The molecule has 0 atom stereocenters. The van der Waals surface area contributed by atoms with Gasteiger partial charge in [0, 0.05) is 6.20 Å². The largest absolute Gasteiger partial charge is 0.396 e. The van der Waals surface area contributed by atoms with Crippen molar-refractivity contribution in [3.8, 4) is 0 Å². The van der Waals surface area contributed by atoms with Crippen LogP contribution >= 0.6 is 0 Å². The summed E-state index contributed by atoms with van der Waals surface area (Å²) in [5, 5.41) is 4.21. The van der Waals surface area contributed by atoms with Gasteiger partial charge in [0.25, 0.3) is 0 Å². The van der Waals surface area contributed by atoms with Crippen molar-refractivity contribution in [3.63, 3.8) is 0 Å². The summed E-state index contributed by atoms with van der Waals surface area (Å²) in [4.78, 5) is 0. The van der Waals surface area contributed by atoms with Crippen molar-refractivity contribution < 1.29 is 0 Å². The monoisotopic (exact) mass is 215 g/mol. The fourth-order valence-electron chi connectivity index (χ4n) is 2.09. The van der Waals surface area contributed by atoms with E-state index in [1.165, 1.54) is 22.3 Å². The van der Waals surface area contributed by atoms with Crippen LogP contribution in [0, 0.1) is 20.8 Å². The van der Waals surface area contributed by atoms with Gasteiger partial charge in [-0.1, -0.05) is 17.7 Å². The highest BCUT2D eigenvalue weighted by molar-refractivity contribution is 5.38. The fraction of sp³-hybridized carbons (Fsp3) is 0.308. The van der Waals surface area contributed by atoms with Crippen LogP contribution in [0.15, 0.2) is 24.5 Å². The first-order valence-corrected chi connectivity index (χ1v) is 5.41. The van der Waals surface area contributed by atoms with Crippen LogP contribution in [0.2, 0.25) is 0 Å². The highest BCUT2D eigenvalue weighted by Gasteiger charge is 2.05. The molecule has 84 valence electrons. The molecular formula is C13H17N3. The topological polar surface area (TPSA) is 43.8 Å². The van der Waals surface area contributed by atoms with Crippen molar-refractivity contribution >= 4 is 5.69 Å². The summed E-state index contributed by atoms with van der Waals surface area (Å²) in [5.74, 6) is 0. The predicted octanol–water partition coefficient (Wildman–Crippen LogP) is 2.44. The van der Waals surface area contributed by atoms with Crippen molar-refractivity contribution in [2.45, 2.75) is 27.3 Å². The van der Waals surface area contributed by atoms with E-state index >= 15 is 0 Å². The van der Waals surface area contributed by atoms with E-state index in [4.69, 9.17) is 5.73 Å². The summed E-state index contributed by atoms with van der Waals surface area (Å²) in [6.07, 6.45) is 3.54. The SMILES string of the molecule is Cc1cc(C)c(Cn2cc(N)cn2)c(C)c1. The van der Waals surface area contributed by atoms with Crippen molar-refractivity contribution in [1.82, 2.24) is 9.78 Å². The number of hydrogen-bond acceptors (Lipinski definition) is 2. The van der Waals surface area contributed by atoms with Gasteiger partial charge >= 0.3 is 0 Å². The molecule has 0 aliphatic heterocycles. The molecule has 1 aromatic heterocycles. The molecule has 2 N–H and O–H groups in total. The molecule has 1 aromatic carbocycles. The Balaban J connectivity index is 2.34. The van der Waals surface area contributed by atoms with Crippen LogP contribution in [0.25, 0.3) is 0 Å². The first-order chi connectivity index (χ1) is 7.56. The van der Waals surface area contributed by atoms with Gasteiger partial charge in [-0.15, -0.1) is 0 Å². The second-order valence-corrected chi connectivity index (χ2v) is 4.35. The maximum atomic E-state index is 5.65. The number of benzene rings is 1. The molecule has 1 heterocycles. The van der Waals surface area contributed by atoms with Gasteiger partial charge in [-0.05, 0) is 37.5 Å². The van der Waals surface area contributed by atoms with Gasteiger partial charge in [0.1, 0.15) is 0 Å². The van der Waals surface area contributed by atoms with Crippen LogP contribution < -0.4 is 5.73 Å². The Bertz CT molecular complexity index is 489. The van der Waals surface area contributed by atoms with E-state index in [0.717, 1.165) is 6.54 Å². The summed E-state index contributed by atoms with van der Waals surface area (Å²) in [6.45, 7) is 7.19. The lowest BCUT2D eigenvalue weighted by Crippen LogP contribution is -2.04. The molecule has 0 saturated carbocycles. The molecule has 0 aliphatic carbocycles. The number of nitrogens with two attached hydrogens (primary N) is 1. The highest BCUT2D eigenvalue weighted by Crippen LogP contribution is 2.17. The molecule has 3 nitrogen and oxygen atoms in total. The fourth-order valence-corrected chi connectivity index (χ4v) is 2.09. The van der Waals surface area contributed by atoms with Gasteiger partial charge in [-0.3, -0.25) is 4.68 Å². The summed E-state index contributed by atoms with van der Waals surface area (Å²) in [6, 6.07) is 4.41. The molecule has 0 bridgehead atoms. The predicted molar refractivity (Wildman–Crippen MR) is 66.4 cm³/mol. The Hall–Kier alpha value is -1.77. The third-order valence-electron chi connectivity index (χ3n) is 2.81. The van der Waals surface area contributed by atoms with Crippen molar-refractivity contribution in [3.05, 3.63) is 46.8 Å². The Morgan fingerprint density at radius 1 is 1.19 bits per heavy atom. The Labute approximate surface area is 95.9 Å². The van der Waals surface area contributed by atoms with E-state index < -0.39 is 0 Å². The smallest absolute Gasteiger partial charge is 0.0719 e. The number of nitrogens with zero attached hydrogens (tertiary/aromatic N) is 2. The number of rotatable bonds is 2. The van der Waals surface area contributed by atoms with Gasteiger partial charge in [-0.25, -0.2) is 0 Å². The van der Waals surface area contributed by atoms with E-state index in [1.54, 1.807) is 6.20 Å². The van der Waals surface area contributed by atoms with Crippen LogP contribution in [0.1, 0.15) is 22.3 Å². The molecule has 0 unspecified atom stereocenters. The molecule has 0 radical (unpaired) electrons. The third-order valence-corrected chi connectivity index (χ3v) is 2.81. The molecule has 0 amide bonds. The zero-order valence-electron chi connectivity index (χ0n) is 9.99. The number of aryl methyl sites for hydroxylation is 3. The second-order valence-electron chi connectivity index (χ2n) is 4.35. The Morgan fingerprint density at radius 2 is 1.81 bits per heavy atom. The van der Waals surface area contributed by atoms with E-state index in [1.807, 2.05) is 10.9 Å². The van der Waals surface area contributed by atoms with Gasteiger partial charge < -0.3 is 5.73 Å². The molecule has 3 heteroatoms. The lowest BCUT2D eigenvalue weighted by atomic mass is 10.00. The number of nitrogen functional groups attached to an aromatic ring is 1. The standard InChI is InChI=1S/C13H17N3/c1-9-4-10(2)13(11(3)5-9)8-16-7-12(14)6-15-16/h4-7H,8,14H2,1-3H3. The van der Waals surface area contributed by atoms with Gasteiger partial charge in [0.05, 0.1) is 18.4 Å². The minimum Gasteiger partial charge on any atom is -0.396 e. The normalized spacial score (nSPS) is 10.7. The van der Waals surface area contributed by atoms with Crippen LogP contribution in [-0.4, -0.2) is 9.78 Å². The lowest BCUT2D eigenvalue weighted by molar-refractivity contribution is 0.681. The van der Waals surface area contributed by atoms with E-state index in [9.17, 15) is 0 Å². The van der Waals surface area contributed by atoms with Gasteiger partial charge in [0.15, 0.2) is 0 Å². The molecule has 2 rings (SSSR count). The van der Waals surface area contributed by atoms with E-state index in [0.29, 0.717) is 5.69 Å². The number of aromatic nitrogens is 2. The number of hydrogen-bond donors (Lipinski definition) is 1. The molecular weight excluding hydrogens is 198 g/mol. The average Bonchev–Trinajstić information content (AvgIpc) is 2.58. The molecule has 16 heavy (non-hydrogen) atoms. The average molecular weight is 215 g/mol. The first kappa shape index (κ1) is 10.7. The van der Waals surface area contributed by atoms with Crippen LogP contribution in [0.5, 0.6) is 0 Å². The molecule has 0 saturated heterocycles. The number of anilines is 1. The van der Waals surface area contributed by atoms with E-state index in [-0.39, 0.29) is 0 Å². The zero-order valence-corrected chi connectivity index (χ0v) is 9.99. The molecule has 0 aliphatic rings. The van der Waals surface area contributed by atoms with Crippen molar-refractivity contribution in [1.29, 1.82) is 0 Å². The van der Waals surface area contributed by atoms with Gasteiger partial charge in [-0.2, -0.15) is 5.10 Å². The van der Waals surface area contributed by atoms with Gasteiger partial charge in [0.2, 0.25) is 0 Å². The second kappa shape index (κ2) is 4.00. The molecule has 2 aromatic rings. The minimum absolute atomic E-state index is 0.711. The summed E-state index contributed by atoms with van der Waals surface area (Å²) < 4.78 is 1.88. The zero-order chi connectivity index (χ0) is 11.7. The van der Waals surface area contributed by atoms with Crippen LogP contribution in [-0.2, 0) is 6.54 Å². The molecule has 0 spiro atoms. The summed E-state index contributed by atoms with van der Waals surface area (Å²) in [7, 11) is 0. The maximum Gasteiger partial charge on any atom is 0.0719 e. The summed E-state index contributed by atoms with van der Waals surface area (Å²) in [5.41, 5.74) is 11.6. The van der Waals surface area contributed by atoms with E-state index in [2.05, 4.69) is 38.0 Å².